The molecule has 8 heteroatoms. The molecule has 2 aromatic heterocycles. The lowest BCUT2D eigenvalue weighted by Crippen LogP contribution is -2.11. The van der Waals surface area contributed by atoms with Gasteiger partial charge in [0.2, 0.25) is 0 Å². The van der Waals surface area contributed by atoms with Crippen molar-refractivity contribution in [2.45, 2.75) is 6.54 Å². The van der Waals surface area contributed by atoms with E-state index in [1.165, 1.54) is 18.2 Å². The summed E-state index contributed by atoms with van der Waals surface area (Å²) in [5.41, 5.74) is 2.30. The summed E-state index contributed by atoms with van der Waals surface area (Å²) in [4.78, 5) is 12.4. The number of benzene rings is 2. The lowest BCUT2D eigenvalue weighted by molar-refractivity contribution is 0.101. The fourth-order valence-corrected chi connectivity index (χ4v) is 2.80. The van der Waals surface area contributed by atoms with E-state index in [0.717, 1.165) is 11.3 Å². The van der Waals surface area contributed by atoms with E-state index in [1.807, 2.05) is 24.3 Å². The molecule has 0 spiro atoms. The number of amides is 1. The molecule has 0 bridgehead atoms. The highest BCUT2D eigenvalue weighted by Crippen LogP contribution is 2.21. The fraction of sp³-hybridized carbons (Fsp3) is 0.0952. The Hall–Kier alpha value is -3.94. The van der Waals surface area contributed by atoms with Crippen LogP contribution in [0.2, 0.25) is 0 Å². The van der Waals surface area contributed by atoms with Gasteiger partial charge in [-0.25, -0.2) is 4.39 Å². The van der Waals surface area contributed by atoms with Crippen LogP contribution in [-0.2, 0) is 6.54 Å². The topological polar surface area (TPSA) is 82.2 Å². The van der Waals surface area contributed by atoms with Gasteiger partial charge < -0.3 is 14.6 Å². The van der Waals surface area contributed by atoms with E-state index >= 15 is 0 Å². The number of methoxy groups -OCH3 is 1. The molecule has 146 valence electrons. The lowest BCUT2D eigenvalue weighted by Gasteiger charge is -2.04. The highest BCUT2D eigenvalue weighted by molar-refractivity contribution is 6.03. The first-order chi connectivity index (χ1) is 14.1. The van der Waals surface area contributed by atoms with Gasteiger partial charge in [-0.2, -0.15) is 5.10 Å². The Labute approximate surface area is 165 Å². The third kappa shape index (κ3) is 4.32. The minimum absolute atomic E-state index is 0.116. The SMILES string of the molecule is COc1cccc(Cn2cc(NC(=O)c3cc(-c4ccc(F)cc4)on3)cn2)c1. The zero-order valence-electron chi connectivity index (χ0n) is 15.5. The van der Waals surface area contributed by atoms with E-state index < -0.39 is 5.91 Å². The molecule has 0 fully saturated rings. The van der Waals surface area contributed by atoms with Crippen molar-refractivity contribution in [3.05, 3.63) is 84.1 Å². The molecule has 0 atom stereocenters. The number of rotatable bonds is 6. The number of anilines is 1. The molecular formula is C21H17FN4O3. The van der Waals surface area contributed by atoms with Gasteiger partial charge in [-0.05, 0) is 42.0 Å². The van der Waals surface area contributed by atoms with Gasteiger partial charge in [0, 0.05) is 17.8 Å². The predicted octanol–water partition coefficient (Wildman–Crippen LogP) is 3.99. The first-order valence-corrected chi connectivity index (χ1v) is 8.80. The average Bonchev–Trinajstić information content (AvgIpc) is 3.39. The van der Waals surface area contributed by atoms with E-state index in [9.17, 15) is 9.18 Å². The van der Waals surface area contributed by atoms with Gasteiger partial charge >= 0.3 is 0 Å². The van der Waals surface area contributed by atoms with Crippen LogP contribution in [0.1, 0.15) is 16.1 Å². The number of carbonyl (C=O) groups excluding carboxylic acids is 1. The molecule has 0 aliphatic rings. The van der Waals surface area contributed by atoms with E-state index in [4.69, 9.17) is 9.26 Å². The first-order valence-electron chi connectivity index (χ1n) is 8.80. The largest absolute Gasteiger partial charge is 0.497 e. The highest BCUT2D eigenvalue weighted by atomic mass is 19.1. The molecule has 2 aromatic carbocycles. The van der Waals surface area contributed by atoms with Crippen molar-refractivity contribution in [3.8, 4) is 17.1 Å². The van der Waals surface area contributed by atoms with Crippen molar-refractivity contribution in [2.75, 3.05) is 12.4 Å². The molecule has 4 rings (SSSR count). The molecule has 7 nitrogen and oxygen atoms in total. The van der Waals surface area contributed by atoms with Gasteiger partial charge in [0.05, 0.1) is 25.5 Å². The summed E-state index contributed by atoms with van der Waals surface area (Å²) in [6.07, 6.45) is 3.28. The Morgan fingerprint density at radius 1 is 1.21 bits per heavy atom. The Balaban J connectivity index is 1.42. The second-order valence-corrected chi connectivity index (χ2v) is 6.32. The van der Waals surface area contributed by atoms with Crippen LogP contribution in [-0.4, -0.2) is 28.0 Å². The molecule has 0 aliphatic heterocycles. The van der Waals surface area contributed by atoms with E-state index in [1.54, 1.807) is 36.3 Å². The van der Waals surface area contributed by atoms with Crippen LogP contribution in [0.25, 0.3) is 11.3 Å². The van der Waals surface area contributed by atoms with Crippen LogP contribution < -0.4 is 10.1 Å². The summed E-state index contributed by atoms with van der Waals surface area (Å²) in [5.74, 6) is 0.371. The van der Waals surface area contributed by atoms with Gasteiger partial charge in [-0.15, -0.1) is 0 Å². The third-order valence-electron chi connectivity index (χ3n) is 4.24. The predicted molar refractivity (Wildman–Crippen MR) is 104 cm³/mol. The van der Waals surface area contributed by atoms with Gasteiger partial charge in [-0.3, -0.25) is 9.48 Å². The maximum atomic E-state index is 13.0. The quantitative estimate of drug-likeness (QED) is 0.537. The van der Waals surface area contributed by atoms with Crippen LogP contribution in [0.3, 0.4) is 0 Å². The molecule has 4 aromatic rings. The Bertz CT molecular complexity index is 1130. The van der Waals surface area contributed by atoms with Gasteiger partial charge in [0.1, 0.15) is 11.6 Å². The minimum atomic E-state index is -0.428. The molecule has 1 N–H and O–H groups in total. The summed E-state index contributed by atoms with van der Waals surface area (Å²) in [6.45, 7) is 0.533. The van der Waals surface area contributed by atoms with Crippen molar-refractivity contribution in [2.24, 2.45) is 0 Å². The van der Waals surface area contributed by atoms with Crippen LogP contribution in [0.15, 0.2) is 71.5 Å². The second kappa shape index (κ2) is 7.97. The summed E-state index contributed by atoms with van der Waals surface area (Å²) < 4.78 is 25.1. The smallest absolute Gasteiger partial charge is 0.277 e. The molecule has 0 saturated heterocycles. The van der Waals surface area contributed by atoms with Crippen LogP contribution in [0.4, 0.5) is 10.1 Å². The van der Waals surface area contributed by atoms with Crippen molar-refractivity contribution in [1.29, 1.82) is 0 Å². The van der Waals surface area contributed by atoms with Crippen molar-refractivity contribution < 1.29 is 18.4 Å². The zero-order chi connectivity index (χ0) is 20.2. The maximum absolute atomic E-state index is 13.0. The number of nitrogens with zero attached hydrogens (tertiary/aromatic N) is 3. The molecule has 0 saturated carbocycles. The van der Waals surface area contributed by atoms with Gasteiger partial charge in [0.15, 0.2) is 11.5 Å². The van der Waals surface area contributed by atoms with Gasteiger partial charge in [-0.1, -0.05) is 17.3 Å². The number of hydrogen-bond acceptors (Lipinski definition) is 5. The second-order valence-electron chi connectivity index (χ2n) is 6.32. The average molecular weight is 392 g/mol. The summed E-state index contributed by atoms with van der Waals surface area (Å²) in [5, 5.41) is 10.8. The molecule has 0 unspecified atom stereocenters. The lowest BCUT2D eigenvalue weighted by atomic mass is 10.1. The van der Waals surface area contributed by atoms with Crippen molar-refractivity contribution >= 4 is 11.6 Å². The monoisotopic (exact) mass is 392 g/mol. The van der Waals surface area contributed by atoms with Crippen molar-refractivity contribution in [3.63, 3.8) is 0 Å². The normalized spacial score (nSPS) is 10.7. The fourth-order valence-electron chi connectivity index (χ4n) is 2.80. The molecule has 29 heavy (non-hydrogen) atoms. The molecule has 0 radical (unpaired) electrons. The van der Waals surface area contributed by atoms with Crippen LogP contribution >= 0.6 is 0 Å². The maximum Gasteiger partial charge on any atom is 0.277 e. The Kier molecular flexibility index (Phi) is 5.07. The molecule has 1 amide bonds. The number of carbonyl (C=O) groups is 1. The first kappa shape index (κ1) is 18.4. The third-order valence-corrected chi connectivity index (χ3v) is 4.24. The van der Waals surface area contributed by atoms with Gasteiger partial charge in [0.25, 0.3) is 5.91 Å². The van der Waals surface area contributed by atoms with E-state index in [-0.39, 0.29) is 11.5 Å². The molecular weight excluding hydrogens is 375 g/mol. The molecule has 2 heterocycles. The standard InChI is InChI=1S/C21H17FN4O3/c1-28-18-4-2-3-14(9-18)12-26-13-17(11-23-26)24-21(27)19-10-20(29-25-19)15-5-7-16(22)8-6-15/h2-11,13H,12H2,1H3,(H,24,27). The Morgan fingerprint density at radius 2 is 2.03 bits per heavy atom. The number of hydrogen-bond donors (Lipinski definition) is 1. The summed E-state index contributed by atoms with van der Waals surface area (Å²) >= 11 is 0. The number of nitrogens with one attached hydrogen (secondary N) is 1. The number of halogens is 1. The van der Waals surface area contributed by atoms with E-state index in [0.29, 0.717) is 23.6 Å². The zero-order valence-corrected chi connectivity index (χ0v) is 15.5. The van der Waals surface area contributed by atoms with Crippen LogP contribution in [0.5, 0.6) is 5.75 Å². The number of ether oxygens (including phenoxy) is 1. The minimum Gasteiger partial charge on any atom is -0.497 e. The summed E-state index contributed by atoms with van der Waals surface area (Å²) in [7, 11) is 1.62. The molecule has 0 aliphatic carbocycles. The van der Waals surface area contributed by atoms with Crippen molar-refractivity contribution in [1.82, 2.24) is 14.9 Å². The summed E-state index contributed by atoms with van der Waals surface area (Å²) in [6, 6.07) is 14.9. The number of aromatic nitrogens is 3. The highest BCUT2D eigenvalue weighted by Gasteiger charge is 2.15. The van der Waals surface area contributed by atoms with E-state index in [2.05, 4.69) is 15.6 Å². The van der Waals surface area contributed by atoms with Crippen LogP contribution in [0, 0.1) is 5.82 Å². The Morgan fingerprint density at radius 3 is 2.83 bits per heavy atom.